The first kappa shape index (κ1) is 18.8. The smallest absolute Gasteiger partial charge is 0.195 e. The van der Waals surface area contributed by atoms with Crippen LogP contribution in [0.5, 0.6) is 5.75 Å². The Morgan fingerprint density at radius 1 is 0.552 bits per heavy atom. The summed E-state index contributed by atoms with van der Waals surface area (Å²) in [6, 6.07) is 26.8. The molecule has 4 rings (SSSR count). The zero-order valence-corrected chi connectivity index (χ0v) is 15.4. The summed E-state index contributed by atoms with van der Waals surface area (Å²) in [4.78, 5) is 0. The zero-order valence-electron chi connectivity index (χ0n) is 15.4. The number of hydrogen-bond donors (Lipinski definition) is 0. The summed E-state index contributed by atoms with van der Waals surface area (Å²) in [7, 11) is 0. The third-order valence-electron chi connectivity index (χ3n) is 4.70. The van der Waals surface area contributed by atoms with E-state index in [9.17, 15) is 13.2 Å². The lowest BCUT2D eigenvalue weighted by molar-refractivity contribution is 0.307. The minimum atomic E-state index is -1.47. The molecule has 0 saturated carbocycles. The fourth-order valence-corrected chi connectivity index (χ4v) is 3.19. The summed E-state index contributed by atoms with van der Waals surface area (Å²) in [5.41, 5.74) is 3.68. The molecule has 0 radical (unpaired) electrons. The Hall–Kier alpha value is -3.53. The molecule has 0 spiro atoms. The van der Waals surface area contributed by atoms with Crippen LogP contribution in [0.25, 0.3) is 22.3 Å². The van der Waals surface area contributed by atoms with E-state index in [1.165, 1.54) is 6.07 Å². The van der Waals surface area contributed by atoms with Crippen molar-refractivity contribution in [3.05, 3.63) is 114 Å². The van der Waals surface area contributed by atoms with Crippen molar-refractivity contribution in [3.63, 3.8) is 0 Å². The lowest BCUT2D eigenvalue weighted by Crippen LogP contribution is -1.98. The maximum absolute atomic E-state index is 14.0. The topological polar surface area (TPSA) is 9.23 Å². The van der Waals surface area contributed by atoms with Gasteiger partial charge in [-0.3, -0.25) is 0 Å². The van der Waals surface area contributed by atoms with Crippen molar-refractivity contribution in [2.75, 3.05) is 0 Å². The average molecular weight is 390 g/mol. The predicted octanol–water partition coefficient (Wildman–Crippen LogP) is 7.02. The van der Waals surface area contributed by atoms with Gasteiger partial charge in [0.05, 0.1) is 0 Å². The maximum atomic E-state index is 14.0. The molecule has 0 aliphatic heterocycles. The van der Waals surface area contributed by atoms with E-state index >= 15 is 0 Å². The number of halogens is 3. The standard InChI is InChI=1S/C25H17F3O/c26-23-15-14-22(24(27)25(23)28)18-10-12-20(13-11-18)29-16-19-8-4-5-9-21(19)17-6-2-1-3-7-17/h1-15H,16H2. The van der Waals surface area contributed by atoms with Gasteiger partial charge in [-0.05, 0) is 46.5 Å². The summed E-state index contributed by atoms with van der Waals surface area (Å²) < 4.78 is 46.5. The van der Waals surface area contributed by atoms with Gasteiger partial charge >= 0.3 is 0 Å². The first-order chi connectivity index (χ1) is 14.1. The fraction of sp³-hybridized carbons (Fsp3) is 0.0400. The second-order valence-electron chi connectivity index (χ2n) is 6.56. The first-order valence-electron chi connectivity index (χ1n) is 9.13. The summed E-state index contributed by atoms with van der Waals surface area (Å²) >= 11 is 0. The van der Waals surface area contributed by atoms with E-state index in [2.05, 4.69) is 0 Å². The van der Waals surface area contributed by atoms with Crippen LogP contribution < -0.4 is 4.74 Å². The maximum Gasteiger partial charge on any atom is 0.195 e. The number of benzene rings is 4. The van der Waals surface area contributed by atoms with Gasteiger partial charge in [-0.25, -0.2) is 13.2 Å². The SMILES string of the molecule is Fc1ccc(-c2ccc(OCc3ccccc3-c3ccccc3)cc2)c(F)c1F. The number of rotatable bonds is 5. The van der Waals surface area contributed by atoms with Gasteiger partial charge in [0.1, 0.15) is 12.4 Å². The van der Waals surface area contributed by atoms with Crippen LogP contribution >= 0.6 is 0 Å². The third-order valence-corrected chi connectivity index (χ3v) is 4.70. The first-order valence-corrected chi connectivity index (χ1v) is 9.13. The Bertz CT molecular complexity index is 1120. The van der Waals surface area contributed by atoms with Crippen molar-refractivity contribution in [2.45, 2.75) is 6.61 Å². The summed E-state index contributed by atoms with van der Waals surface area (Å²) in [6.45, 7) is 0.365. The van der Waals surface area contributed by atoms with E-state index in [1.54, 1.807) is 24.3 Å². The molecule has 4 aromatic carbocycles. The quantitative estimate of drug-likeness (QED) is 0.333. The molecule has 0 unspecified atom stereocenters. The average Bonchev–Trinajstić information content (AvgIpc) is 2.77. The molecule has 144 valence electrons. The lowest BCUT2D eigenvalue weighted by atomic mass is 10.0. The van der Waals surface area contributed by atoms with Crippen molar-refractivity contribution >= 4 is 0 Å². The number of ether oxygens (including phenoxy) is 1. The van der Waals surface area contributed by atoms with Gasteiger partial charge in [-0.15, -0.1) is 0 Å². The Kier molecular flexibility index (Phi) is 5.34. The highest BCUT2D eigenvalue weighted by Crippen LogP contribution is 2.29. The molecule has 0 amide bonds. The molecule has 0 aromatic heterocycles. The van der Waals surface area contributed by atoms with E-state index in [-0.39, 0.29) is 5.56 Å². The van der Waals surface area contributed by atoms with Crippen LogP contribution in [0.2, 0.25) is 0 Å². The monoisotopic (exact) mass is 390 g/mol. The van der Waals surface area contributed by atoms with Crippen molar-refractivity contribution in [3.8, 4) is 28.0 Å². The highest BCUT2D eigenvalue weighted by molar-refractivity contribution is 5.67. The van der Waals surface area contributed by atoms with Gasteiger partial charge in [0.25, 0.3) is 0 Å². The highest BCUT2D eigenvalue weighted by atomic mass is 19.2. The largest absolute Gasteiger partial charge is 0.489 e. The van der Waals surface area contributed by atoms with E-state index < -0.39 is 17.5 Å². The molecule has 4 heteroatoms. The van der Waals surface area contributed by atoms with Crippen LogP contribution in [0.3, 0.4) is 0 Å². The molecule has 1 nitrogen and oxygen atoms in total. The molecule has 4 aromatic rings. The van der Waals surface area contributed by atoms with Crippen LogP contribution in [0.15, 0.2) is 91.0 Å². The minimum absolute atomic E-state index is 0.00451. The molecule has 29 heavy (non-hydrogen) atoms. The minimum Gasteiger partial charge on any atom is -0.489 e. The molecule has 0 saturated heterocycles. The molecular weight excluding hydrogens is 373 g/mol. The van der Waals surface area contributed by atoms with Crippen LogP contribution in [0, 0.1) is 17.5 Å². The lowest BCUT2D eigenvalue weighted by Gasteiger charge is -2.12. The Balaban J connectivity index is 1.52. The Morgan fingerprint density at radius 3 is 1.97 bits per heavy atom. The van der Waals surface area contributed by atoms with Gasteiger partial charge < -0.3 is 4.74 Å². The van der Waals surface area contributed by atoms with Crippen LogP contribution in [-0.2, 0) is 6.61 Å². The van der Waals surface area contributed by atoms with Crippen LogP contribution in [-0.4, -0.2) is 0 Å². The van der Waals surface area contributed by atoms with Gasteiger partial charge in [0.15, 0.2) is 17.5 Å². The van der Waals surface area contributed by atoms with Gasteiger partial charge in [0, 0.05) is 5.56 Å². The summed E-state index contributed by atoms with van der Waals surface area (Å²) in [5.74, 6) is -3.28. The predicted molar refractivity (Wildman–Crippen MR) is 108 cm³/mol. The summed E-state index contributed by atoms with van der Waals surface area (Å²) in [5, 5.41) is 0. The van der Waals surface area contributed by atoms with Gasteiger partial charge in [-0.1, -0.05) is 66.7 Å². The van der Waals surface area contributed by atoms with Crippen LogP contribution in [0.1, 0.15) is 5.56 Å². The summed E-state index contributed by atoms with van der Waals surface area (Å²) in [6.07, 6.45) is 0. The van der Waals surface area contributed by atoms with E-state index in [4.69, 9.17) is 4.74 Å². The van der Waals surface area contributed by atoms with Crippen molar-refractivity contribution in [2.24, 2.45) is 0 Å². The van der Waals surface area contributed by atoms with E-state index in [0.29, 0.717) is 17.9 Å². The van der Waals surface area contributed by atoms with E-state index in [1.807, 2.05) is 54.6 Å². The normalized spacial score (nSPS) is 10.7. The molecule has 0 N–H and O–H groups in total. The third kappa shape index (κ3) is 4.02. The second kappa shape index (κ2) is 8.23. The highest BCUT2D eigenvalue weighted by Gasteiger charge is 2.14. The van der Waals surface area contributed by atoms with Gasteiger partial charge in [-0.2, -0.15) is 0 Å². The molecule has 0 bridgehead atoms. The Labute approximate surface area is 167 Å². The zero-order chi connectivity index (χ0) is 20.2. The second-order valence-corrected chi connectivity index (χ2v) is 6.56. The van der Waals surface area contributed by atoms with Crippen molar-refractivity contribution in [1.29, 1.82) is 0 Å². The molecular formula is C25H17F3O. The van der Waals surface area contributed by atoms with E-state index in [0.717, 1.165) is 22.8 Å². The number of hydrogen-bond acceptors (Lipinski definition) is 1. The molecule has 0 aliphatic carbocycles. The molecule has 0 fully saturated rings. The van der Waals surface area contributed by atoms with Gasteiger partial charge in [0.2, 0.25) is 0 Å². The van der Waals surface area contributed by atoms with Crippen molar-refractivity contribution in [1.82, 2.24) is 0 Å². The fourth-order valence-electron chi connectivity index (χ4n) is 3.19. The van der Waals surface area contributed by atoms with Crippen molar-refractivity contribution < 1.29 is 17.9 Å². The molecule has 0 heterocycles. The van der Waals surface area contributed by atoms with Crippen LogP contribution in [0.4, 0.5) is 13.2 Å². The molecule has 0 atom stereocenters. The Morgan fingerprint density at radius 2 is 1.21 bits per heavy atom. The molecule has 0 aliphatic rings.